The van der Waals surface area contributed by atoms with Gasteiger partial charge in [-0.1, -0.05) is 6.07 Å². The smallest absolute Gasteiger partial charge is 0.305 e. The molecule has 0 saturated carbocycles. The molecule has 6 heteroatoms. The second kappa shape index (κ2) is 7.64. The van der Waals surface area contributed by atoms with Crippen molar-refractivity contribution < 1.29 is 19.1 Å². The van der Waals surface area contributed by atoms with Gasteiger partial charge < -0.3 is 20.5 Å². The number of hydrogen-bond donors (Lipinski definition) is 2. The number of ether oxygens (including phenoxy) is 2. The predicted molar refractivity (Wildman–Crippen MR) is 81.0 cm³/mol. The average Bonchev–Trinajstić information content (AvgIpc) is 2.47. The molecule has 1 amide bonds. The van der Waals surface area contributed by atoms with Crippen LogP contribution in [0, 0.1) is 13.8 Å². The number of nitrogens with one attached hydrogen (secondary N) is 1. The van der Waals surface area contributed by atoms with E-state index in [1.807, 2.05) is 19.9 Å². The number of anilines is 2. The van der Waals surface area contributed by atoms with Gasteiger partial charge >= 0.3 is 5.97 Å². The number of methoxy groups -OCH3 is 2. The molecule has 0 aromatic heterocycles. The third kappa shape index (κ3) is 4.46. The van der Waals surface area contributed by atoms with Crippen molar-refractivity contribution in [2.75, 3.05) is 25.3 Å². The Bertz CT molecular complexity index is 529. The van der Waals surface area contributed by atoms with Crippen molar-refractivity contribution in [3.8, 4) is 0 Å². The highest BCUT2D eigenvalue weighted by Crippen LogP contribution is 2.25. The molecule has 1 atom stereocenters. The second-order valence-corrected chi connectivity index (χ2v) is 4.80. The predicted octanol–water partition coefficient (Wildman–Crippen LogP) is 1.79. The molecule has 21 heavy (non-hydrogen) atoms. The third-order valence-electron chi connectivity index (χ3n) is 3.38. The zero-order chi connectivity index (χ0) is 16.0. The summed E-state index contributed by atoms with van der Waals surface area (Å²) in [4.78, 5) is 23.4. The number of aryl methyl sites for hydroxylation is 1. The first-order valence-electron chi connectivity index (χ1n) is 6.66. The van der Waals surface area contributed by atoms with Crippen LogP contribution in [-0.2, 0) is 19.1 Å². The lowest BCUT2D eigenvalue weighted by Crippen LogP contribution is -2.30. The topological polar surface area (TPSA) is 90.6 Å². The van der Waals surface area contributed by atoms with Gasteiger partial charge in [0, 0.05) is 24.9 Å². The quantitative estimate of drug-likeness (QED) is 0.616. The fraction of sp³-hybridized carbons (Fsp3) is 0.467. The number of nitrogen functional groups attached to an aromatic ring is 1. The average molecular weight is 294 g/mol. The van der Waals surface area contributed by atoms with Gasteiger partial charge in [0.05, 0.1) is 7.11 Å². The number of nitrogens with two attached hydrogens (primary N) is 1. The van der Waals surface area contributed by atoms with Gasteiger partial charge in [-0.25, -0.2) is 0 Å². The van der Waals surface area contributed by atoms with Crippen LogP contribution in [0.25, 0.3) is 0 Å². The normalized spacial score (nSPS) is 11.8. The highest BCUT2D eigenvalue weighted by Gasteiger charge is 2.21. The van der Waals surface area contributed by atoms with Crippen LogP contribution >= 0.6 is 0 Å². The third-order valence-corrected chi connectivity index (χ3v) is 3.38. The molecule has 0 aliphatic heterocycles. The summed E-state index contributed by atoms with van der Waals surface area (Å²) >= 11 is 0. The van der Waals surface area contributed by atoms with Crippen LogP contribution in [0.5, 0.6) is 0 Å². The van der Waals surface area contributed by atoms with Crippen LogP contribution < -0.4 is 11.1 Å². The summed E-state index contributed by atoms with van der Waals surface area (Å²) in [5.41, 5.74) is 8.86. The first-order valence-corrected chi connectivity index (χ1v) is 6.66. The second-order valence-electron chi connectivity index (χ2n) is 4.80. The Morgan fingerprint density at radius 3 is 2.52 bits per heavy atom. The van der Waals surface area contributed by atoms with Crippen molar-refractivity contribution in [2.24, 2.45) is 0 Å². The Hall–Kier alpha value is -2.08. The Morgan fingerprint density at radius 2 is 1.95 bits per heavy atom. The van der Waals surface area contributed by atoms with Crippen molar-refractivity contribution in [1.82, 2.24) is 0 Å². The maximum Gasteiger partial charge on any atom is 0.305 e. The van der Waals surface area contributed by atoms with Gasteiger partial charge in [-0.3, -0.25) is 9.59 Å². The van der Waals surface area contributed by atoms with E-state index < -0.39 is 6.10 Å². The van der Waals surface area contributed by atoms with Crippen molar-refractivity contribution in [2.45, 2.75) is 32.8 Å². The van der Waals surface area contributed by atoms with Gasteiger partial charge in [0.1, 0.15) is 6.10 Å². The number of amides is 1. The van der Waals surface area contributed by atoms with Gasteiger partial charge in [0.25, 0.3) is 5.91 Å². The first-order chi connectivity index (χ1) is 9.90. The lowest BCUT2D eigenvalue weighted by Gasteiger charge is -2.18. The Labute approximate surface area is 124 Å². The van der Waals surface area contributed by atoms with Crippen LogP contribution in [0.2, 0.25) is 0 Å². The van der Waals surface area contributed by atoms with E-state index in [2.05, 4.69) is 10.1 Å². The Morgan fingerprint density at radius 1 is 1.29 bits per heavy atom. The zero-order valence-corrected chi connectivity index (χ0v) is 12.9. The highest BCUT2D eigenvalue weighted by molar-refractivity contribution is 5.96. The minimum Gasteiger partial charge on any atom is -0.469 e. The molecule has 0 aliphatic carbocycles. The van der Waals surface area contributed by atoms with Gasteiger partial charge in [0.2, 0.25) is 0 Å². The minimum atomic E-state index is -0.718. The SMILES string of the molecule is COC(=O)CCC(OC)C(=O)Nc1c(C)ccc(N)c1C. The van der Waals surface area contributed by atoms with Crippen LogP contribution in [0.15, 0.2) is 12.1 Å². The van der Waals surface area contributed by atoms with E-state index >= 15 is 0 Å². The standard InChI is InChI=1S/C15H22N2O4/c1-9-5-6-11(16)10(2)14(9)17-15(19)12(20-3)7-8-13(18)21-4/h5-6,12H,7-8,16H2,1-4H3,(H,17,19). The van der Waals surface area contributed by atoms with E-state index in [1.165, 1.54) is 14.2 Å². The summed E-state index contributed by atoms with van der Waals surface area (Å²) in [7, 11) is 2.74. The number of benzene rings is 1. The maximum absolute atomic E-state index is 12.2. The molecule has 1 rings (SSSR count). The molecule has 6 nitrogen and oxygen atoms in total. The molecule has 0 bridgehead atoms. The fourth-order valence-electron chi connectivity index (χ4n) is 1.97. The molecular weight excluding hydrogens is 272 g/mol. The maximum atomic E-state index is 12.2. The monoisotopic (exact) mass is 294 g/mol. The van der Waals surface area contributed by atoms with Gasteiger partial charge in [-0.05, 0) is 37.5 Å². The van der Waals surface area contributed by atoms with Crippen molar-refractivity contribution in [1.29, 1.82) is 0 Å². The van der Waals surface area contributed by atoms with Crippen LogP contribution in [-0.4, -0.2) is 32.2 Å². The van der Waals surface area contributed by atoms with Gasteiger partial charge in [0.15, 0.2) is 0 Å². The molecule has 0 spiro atoms. The first kappa shape index (κ1) is 17.0. The summed E-state index contributed by atoms with van der Waals surface area (Å²) in [6, 6.07) is 3.64. The minimum absolute atomic E-state index is 0.122. The van der Waals surface area contributed by atoms with E-state index in [0.29, 0.717) is 11.4 Å². The number of esters is 1. The molecular formula is C15H22N2O4. The summed E-state index contributed by atoms with van der Waals surface area (Å²) in [6.45, 7) is 3.73. The van der Waals surface area contributed by atoms with E-state index in [1.54, 1.807) is 6.07 Å². The van der Waals surface area contributed by atoms with Crippen molar-refractivity contribution >= 4 is 23.3 Å². The summed E-state index contributed by atoms with van der Waals surface area (Å²) in [6.07, 6.45) is -0.337. The lowest BCUT2D eigenvalue weighted by molar-refractivity contribution is -0.141. The van der Waals surface area contributed by atoms with E-state index in [9.17, 15) is 9.59 Å². The zero-order valence-electron chi connectivity index (χ0n) is 12.9. The molecule has 0 radical (unpaired) electrons. The molecule has 0 aliphatic rings. The number of carbonyl (C=O) groups is 2. The largest absolute Gasteiger partial charge is 0.469 e. The molecule has 0 heterocycles. The summed E-state index contributed by atoms with van der Waals surface area (Å²) < 4.78 is 9.69. The van der Waals surface area contributed by atoms with E-state index in [0.717, 1.165) is 11.1 Å². The Kier molecular flexibility index (Phi) is 6.17. The molecule has 1 unspecified atom stereocenters. The number of rotatable bonds is 6. The summed E-state index contributed by atoms with van der Waals surface area (Å²) in [5, 5.41) is 2.82. The van der Waals surface area contributed by atoms with Gasteiger partial charge in [-0.2, -0.15) is 0 Å². The fourth-order valence-corrected chi connectivity index (χ4v) is 1.97. The van der Waals surface area contributed by atoms with E-state index in [4.69, 9.17) is 10.5 Å². The highest BCUT2D eigenvalue weighted by atomic mass is 16.5. The Balaban J connectivity index is 2.79. The lowest BCUT2D eigenvalue weighted by atomic mass is 10.1. The van der Waals surface area contributed by atoms with Crippen molar-refractivity contribution in [3.63, 3.8) is 0 Å². The van der Waals surface area contributed by atoms with Crippen LogP contribution in [0.1, 0.15) is 24.0 Å². The molecule has 116 valence electrons. The number of carbonyl (C=O) groups excluding carboxylic acids is 2. The van der Waals surface area contributed by atoms with E-state index in [-0.39, 0.29) is 24.7 Å². The van der Waals surface area contributed by atoms with Crippen molar-refractivity contribution in [3.05, 3.63) is 23.3 Å². The molecule has 0 fully saturated rings. The molecule has 1 aromatic carbocycles. The van der Waals surface area contributed by atoms with Crippen LogP contribution in [0.4, 0.5) is 11.4 Å². The summed E-state index contributed by atoms with van der Waals surface area (Å²) in [5.74, 6) is -0.681. The molecule has 1 aromatic rings. The number of hydrogen-bond acceptors (Lipinski definition) is 5. The molecule has 3 N–H and O–H groups in total. The molecule has 0 saturated heterocycles. The van der Waals surface area contributed by atoms with Gasteiger partial charge in [-0.15, -0.1) is 0 Å². The van der Waals surface area contributed by atoms with Crippen LogP contribution in [0.3, 0.4) is 0 Å².